The molecule has 0 radical (unpaired) electrons. The second-order valence-corrected chi connectivity index (χ2v) is 4.64. The third-order valence-corrected chi connectivity index (χ3v) is 3.13. The van der Waals surface area contributed by atoms with Gasteiger partial charge in [-0.2, -0.15) is 0 Å². The lowest BCUT2D eigenvalue weighted by Gasteiger charge is -2.22. The molecule has 0 aromatic heterocycles. The molecule has 0 bridgehead atoms. The molecule has 0 fully saturated rings. The third-order valence-electron chi connectivity index (χ3n) is 3.13. The van der Waals surface area contributed by atoms with E-state index in [-0.39, 0.29) is 12.2 Å². The monoisotopic (exact) mass is 308 g/mol. The van der Waals surface area contributed by atoms with E-state index in [4.69, 9.17) is 0 Å². The lowest BCUT2D eigenvalue weighted by Crippen LogP contribution is -2.33. The van der Waals surface area contributed by atoms with Crippen molar-refractivity contribution in [1.82, 2.24) is 0 Å². The Bertz CT molecular complexity index is 676. The predicted molar refractivity (Wildman–Crippen MR) is 79.3 cm³/mol. The van der Waals surface area contributed by atoms with Crippen LogP contribution in [0, 0.1) is 17.5 Å². The summed E-state index contributed by atoms with van der Waals surface area (Å²) in [5.74, 6) is -2.91. The van der Waals surface area contributed by atoms with Gasteiger partial charge in [0.15, 0.2) is 11.6 Å². The fourth-order valence-corrected chi connectivity index (χ4v) is 1.99. The van der Waals surface area contributed by atoms with E-state index in [2.05, 4.69) is 5.32 Å². The van der Waals surface area contributed by atoms with Crippen LogP contribution in [0.3, 0.4) is 0 Å². The quantitative estimate of drug-likeness (QED) is 0.916. The highest BCUT2D eigenvalue weighted by molar-refractivity contribution is 5.94. The van der Waals surface area contributed by atoms with E-state index in [0.717, 1.165) is 12.1 Å². The van der Waals surface area contributed by atoms with Crippen molar-refractivity contribution >= 4 is 17.3 Å². The zero-order chi connectivity index (χ0) is 16.1. The summed E-state index contributed by atoms with van der Waals surface area (Å²) in [6, 6.07) is 9.22. The molecule has 0 saturated heterocycles. The van der Waals surface area contributed by atoms with Crippen molar-refractivity contribution in [3.05, 3.63) is 59.9 Å². The average Bonchev–Trinajstić information content (AvgIpc) is 2.50. The maximum Gasteiger partial charge on any atom is 0.243 e. The van der Waals surface area contributed by atoms with Gasteiger partial charge in [0.25, 0.3) is 0 Å². The Kier molecular flexibility index (Phi) is 5.04. The van der Waals surface area contributed by atoms with Crippen LogP contribution in [0.15, 0.2) is 42.5 Å². The van der Waals surface area contributed by atoms with E-state index in [1.807, 2.05) is 0 Å². The second-order valence-electron chi connectivity index (χ2n) is 4.64. The Morgan fingerprint density at radius 1 is 1.05 bits per heavy atom. The number of carbonyl (C=O) groups is 1. The molecule has 2 rings (SSSR count). The molecular formula is C16H15F3N2O. The maximum atomic E-state index is 13.5. The Morgan fingerprint density at radius 2 is 1.77 bits per heavy atom. The Balaban J connectivity index is 2.08. The number of halogens is 3. The summed E-state index contributed by atoms with van der Waals surface area (Å²) in [6.45, 7) is 2.09. The number of carbonyl (C=O) groups excluding carboxylic acids is 1. The van der Waals surface area contributed by atoms with Crippen LogP contribution in [-0.4, -0.2) is 19.0 Å². The first-order valence-electron chi connectivity index (χ1n) is 6.75. The van der Waals surface area contributed by atoms with E-state index < -0.39 is 23.4 Å². The Morgan fingerprint density at radius 3 is 2.41 bits per heavy atom. The molecule has 3 nitrogen and oxygen atoms in total. The summed E-state index contributed by atoms with van der Waals surface area (Å²) in [4.78, 5) is 13.5. The summed E-state index contributed by atoms with van der Waals surface area (Å²) in [6.07, 6.45) is 0. The minimum absolute atomic E-state index is 0.0776. The molecule has 22 heavy (non-hydrogen) atoms. The summed E-state index contributed by atoms with van der Waals surface area (Å²) in [5.41, 5.74) is 0.457. The molecule has 0 atom stereocenters. The number of hydrogen-bond donors (Lipinski definition) is 1. The van der Waals surface area contributed by atoms with Crippen molar-refractivity contribution in [3.63, 3.8) is 0 Å². The lowest BCUT2D eigenvalue weighted by atomic mass is 10.2. The van der Waals surface area contributed by atoms with Gasteiger partial charge < -0.3 is 10.2 Å². The average molecular weight is 308 g/mol. The number of anilines is 2. The van der Waals surface area contributed by atoms with Crippen molar-refractivity contribution in [1.29, 1.82) is 0 Å². The molecule has 2 aromatic carbocycles. The fourth-order valence-electron chi connectivity index (χ4n) is 1.99. The smallest absolute Gasteiger partial charge is 0.243 e. The maximum absolute atomic E-state index is 13.5. The van der Waals surface area contributed by atoms with Crippen molar-refractivity contribution in [3.8, 4) is 0 Å². The molecule has 0 spiro atoms. The van der Waals surface area contributed by atoms with Crippen LogP contribution < -0.4 is 10.2 Å². The van der Waals surface area contributed by atoms with Gasteiger partial charge in [-0.1, -0.05) is 12.1 Å². The molecule has 116 valence electrons. The van der Waals surface area contributed by atoms with Crippen molar-refractivity contribution < 1.29 is 18.0 Å². The Hall–Kier alpha value is -2.50. The number of rotatable bonds is 5. The minimum Gasteiger partial charge on any atom is -0.362 e. The van der Waals surface area contributed by atoms with Gasteiger partial charge in [0.05, 0.1) is 12.2 Å². The van der Waals surface area contributed by atoms with Crippen LogP contribution in [0.2, 0.25) is 0 Å². The topological polar surface area (TPSA) is 32.3 Å². The molecule has 0 aliphatic heterocycles. The SMILES string of the molecule is CCN(CC(=O)Nc1ccccc1F)c1ccc(F)c(F)c1. The standard InChI is InChI=1S/C16H15F3N2O/c1-2-21(11-7-8-12(17)14(19)9-11)10-16(22)20-15-6-4-3-5-13(15)18/h3-9H,2,10H2,1H3,(H,20,22). The highest BCUT2D eigenvalue weighted by atomic mass is 19.2. The highest BCUT2D eigenvalue weighted by Gasteiger charge is 2.13. The van der Waals surface area contributed by atoms with Gasteiger partial charge >= 0.3 is 0 Å². The van der Waals surface area contributed by atoms with E-state index in [1.54, 1.807) is 17.9 Å². The van der Waals surface area contributed by atoms with E-state index in [1.165, 1.54) is 24.3 Å². The normalized spacial score (nSPS) is 10.4. The fraction of sp³-hybridized carbons (Fsp3) is 0.188. The molecule has 0 unspecified atom stereocenters. The summed E-state index contributed by atoms with van der Waals surface area (Å²) >= 11 is 0. The summed E-state index contributed by atoms with van der Waals surface area (Å²) in [5, 5.41) is 2.45. The molecule has 1 N–H and O–H groups in total. The number of nitrogens with zero attached hydrogens (tertiary/aromatic N) is 1. The molecule has 0 heterocycles. The molecule has 0 aliphatic rings. The number of amides is 1. The first-order valence-corrected chi connectivity index (χ1v) is 6.75. The minimum atomic E-state index is -0.981. The third kappa shape index (κ3) is 3.78. The van der Waals surface area contributed by atoms with Crippen LogP contribution in [0.25, 0.3) is 0 Å². The van der Waals surface area contributed by atoms with Crippen LogP contribution in [0.1, 0.15) is 6.92 Å². The Labute approximate surface area is 126 Å². The molecule has 6 heteroatoms. The molecule has 0 saturated carbocycles. The van der Waals surface area contributed by atoms with Gasteiger partial charge in [0.2, 0.25) is 5.91 Å². The van der Waals surface area contributed by atoms with Crippen molar-refractivity contribution in [2.75, 3.05) is 23.3 Å². The van der Waals surface area contributed by atoms with Gasteiger partial charge in [-0.05, 0) is 31.2 Å². The van der Waals surface area contributed by atoms with Crippen LogP contribution >= 0.6 is 0 Å². The van der Waals surface area contributed by atoms with Crippen LogP contribution in [0.5, 0.6) is 0 Å². The van der Waals surface area contributed by atoms with Gasteiger partial charge in [0.1, 0.15) is 5.82 Å². The highest BCUT2D eigenvalue weighted by Crippen LogP contribution is 2.18. The van der Waals surface area contributed by atoms with Crippen LogP contribution in [-0.2, 0) is 4.79 Å². The van der Waals surface area contributed by atoms with Gasteiger partial charge in [-0.25, -0.2) is 13.2 Å². The summed E-state index contributed by atoms with van der Waals surface area (Å²) < 4.78 is 39.7. The van der Waals surface area contributed by atoms with Crippen LogP contribution in [0.4, 0.5) is 24.5 Å². The number of nitrogens with one attached hydrogen (secondary N) is 1. The lowest BCUT2D eigenvalue weighted by molar-refractivity contribution is -0.115. The van der Waals surface area contributed by atoms with E-state index >= 15 is 0 Å². The molecule has 0 aliphatic carbocycles. The zero-order valence-corrected chi connectivity index (χ0v) is 11.9. The molecular weight excluding hydrogens is 293 g/mol. The van der Waals surface area contributed by atoms with Gasteiger partial charge in [-0.15, -0.1) is 0 Å². The second kappa shape index (κ2) is 6.98. The molecule has 2 aromatic rings. The van der Waals surface area contributed by atoms with Crippen molar-refractivity contribution in [2.45, 2.75) is 6.92 Å². The number of para-hydroxylation sites is 1. The number of likely N-dealkylation sites (N-methyl/N-ethyl adjacent to an activating group) is 1. The predicted octanol–water partition coefficient (Wildman–Crippen LogP) is 3.57. The van der Waals surface area contributed by atoms with E-state index in [0.29, 0.717) is 12.2 Å². The van der Waals surface area contributed by atoms with E-state index in [9.17, 15) is 18.0 Å². The molecule has 1 amide bonds. The largest absolute Gasteiger partial charge is 0.362 e. The van der Waals surface area contributed by atoms with Crippen molar-refractivity contribution in [2.24, 2.45) is 0 Å². The van der Waals surface area contributed by atoms with Gasteiger partial charge in [0, 0.05) is 18.3 Å². The zero-order valence-electron chi connectivity index (χ0n) is 11.9. The van der Waals surface area contributed by atoms with Gasteiger partial charge in [-0.3, -0.25) is 4.79 Å². The summed E-state index contributed by atoms with van der Waals surface area (Å²) in [7, 11) is 0. The number of benzene rings is 2. The first kappa shape index (κ1) is 15.9. The number of hydrogen-bond acceptors (Lipinski definition) is 2. The first-order chi connectivity index (χ1) is 10.5.